The quantitative estimate of drug-likeness (QED) is 0.631. The van der Waals surface area contributed by atoms with Crippen molar-refractivity contribution in [2.75, 3.05) is 13.1 Å². The van der Waals surface area contributed by atoms with Crippen molar-refractivity contribution in [1.82, 2.24) is 9.47 Å². The van der Waals surface area contributed by atoms with E-state index in [2.05, 4.69) is 0 Å². The molecule has 0 bridgehead atoms. The first-order chi connectivity index (χ1) is 10.6. The van der Waals surface area contributed by atoms with Crippen LogP contribution in [0.15, 0.2) is 24.3 Å². The van der Waals surface area contributed by atoms with Gasteiger partial charge in [-0.2, -0.15) is 0 Å². The van der Waals surface area contributed by atoms with E-state index in [-0.39, 0.29) is 11.7 Å². The van der Waals surface area contributed by atoms with Crippen molar-refractivity contribution >= 4 is 22.6 Å². The lowest BCUT2D eigenvalue weighted by Crippen LogP contribution is -2.37. The molecule has 1 amide bonds. The van der Waals surface area contributed by atoms with Gasteiger partial charge in [-0.15, -0.1) is 0 Å². The minimum Gasteiger partial charge on any atom is -0.347 e. The Morgan fingerprint density at radius 2 is 1.64 bits per heavy atom. The van der Waals surface area contributed by atoms with E-state index in [1.165, 1.54) is 0 Å². The van der Waals surface area contributed by atoms with E-state index >= 15 is 0 Å². The first-order valence-corrected chi connectivity index (χ1v) is 7.99. The summed E-state index contributed by atoms with van der Waals surface area (Å²) >= 11 is 0. The van der Waals surface area contributed by atoms with Crippen molar-refractivity contribution in [3.05, 3.63) is 35.5 Å². The Morgan fingerprint density at radius 1 is 1.00 bits per heavy atom. The number of hydrogen-bond donors (Lipinski definition) is 0. The minimum absolute atomic E-state index is 0.346. The number of fused-ring (bicyclic) bond motifs is 1. The molecule has 1 saturated heterocycles. The maximum atomic E-state index is 12.8. The number of aromatic nitrogens is 1. The van der Waals surface area contributed by atoms with Crippen LogP contribution in [-0.4, -0.2) is 34.2 Å². The molecule has 2 heterocycles. The highest BCUT2D eigenvalue weighted by Crippen LogP contribution is 2.26. The van der Waals surface area contributed by atoms with Gasteiger partial charge in [-0.1, -0.05) is 31.0 Å². The van der Waals surface area contributed by atoms with Gasteiger partial charge in [-0.05, 0) is 25.8 Å². The molecular weight excluding hydrogens is 276 g/mol. The number of hydrogen-bond acceptors (Lipinski definition) is 2. The molecule has 22 heavy (non-hydrogen) atoms. The number of likely N-dealkylation sites (tertiary alicyclic amines) is 1. The number of aryl methyl sites for hydroxylation is 1. The van der Waals surface area contributed by atoms with Gasteiger partial charge in [-0.25, -0.2) is 0 Å². The molecule has 0 atom stereocenters. The standard InChI is InChI=1S/C18H22N2O2/c1-13-16(14-9-5-6-10-15(14)19(13)2)17(21)18(22)20-11-7-3-4-8-12-20/h5-6,9-10H,3-4,7-8,11-12H2,1-2H3. The molecule has 0 spiro atoms. The smallest absolute Gasteiger partial charge is 0.295 e. The molecule has 1 aromatic heterocycles. The summed E-state index contributed by atoms with van der Waals surface area (Å²) in [5.74, 6) is -0.711. The van der Waals surface area contributed by atoms with E-state index < -0.39 is 0 Å². The summed E-state index contributed by atoms with van der Waals surface area (Å²) in [5, 5.41) is 0.871. The third-order valence-corrected chi connectivity index (χ3v) is 4.71. The Morgan fingerprint density at radius 3 is 2.32 bits per heavy atom. The van der Waals surface area contributed by atoms with E-state index in [0.717, 1.165) is 42.3 Å². The van der Waals surface area contributed by atoms with E-state index in [4.69, 9.17) is 0 Å². The topological polar surface area (TPSA) is 42.3 Å². The van der Waals surface area contributed by atoms with Crippen LogP contribution in [0, 0.1) is 6.92 Å². The average molecular weight is 298 g/mol. The maximum Gasteiger partial charge on any atom is 0.295 e. The van der Waals surface area contributed by atoms with Crippen LogP contribution in [-0.2, 0) is 11.8 Å². The van der Waals surface area contributed by atoms with E-state index in [9.17, 15) is 9.59 Å². The lowest BCUT2D eigenvalue weighted by atomic mass is 10.1. The first kappa shape index (κ1) is 14.8. The van der Waals surface area contributed by atoms with Crippen LogP contribution in [0.2, 0.25) is 0 Å². The van der Waals surface area contributed by atoms with E-state index in [1.807, 2.05) is 42.8 Å². The van der Waals surface area contributed by atoms with Crippen LogP contribution in [0.5, 0.6) is 0 Å². The Kier molecular flexibility index (Phi) is 4.01. The van der Waals surface area contributed by atoms with Crippen molar-refractivity contribution in [2.45, 2.75) is 32.6 Å². The molecule has 4 nitrogen and oxygen atoms in total. The number of Topliss-reactive ketones (excluding diaryl/α,β-unsaturated/α-hetero) is 1. The maximum absolute atomic E-state index is 12.8. The molecule has 0 radical (unpaired) electrons. The van der Waals surface area contributed by atoms with Crippen molar-refractivity contribution in [1.29, 1.82) is 0 Å². The van der Waals surface area contributed by atoms with Gasteiger partial charge in [0.15, 0.2) is 0 Å². The van der Waals surface area contributed by atoms with Crippen molar-refractivity contribution in [2.24, 2.45) is 7.05 Å². The van der Waals surface area contributed by atoms with Crippen molar-refractivity contribution in [3.63, 3.8) is 0 Å². The van der Waals surface area contributed by atoms with Gasteiger partial charge >= 0.3 is 0 Å². The van der Waals surface area contributed by atoms with Crippen molar-refractivity contribution in [3.8, 4) is 0 Å². The SMILES string of the molecule is Cc1c(C(=O)C(=O)N2CCCCCC2)c2ccccc2n1C. The Bertz CT molecular complexity index is 722. The number of benzene rings is 1. The zero-order chi connectivity index (χ0) is 15.7. The first-order valence-electron chi connectivity index (χ1n) is 7.99. The van der Waals surface area contributed by atoms with Crippen molar-refractivity contribution < 1.29 is 9.59 Å². The summed E-state index contributed by atoms with van der Waals surface area (Å²) in [6.07, 6.45) is 4.28. The molecule has 2 aromatic rings. The molecular formula is C18H22N2O2. The molecule has 1 aliphatic rings. The highest BCUT2D eigenvalue weighted by molar-refractivity contribution is 6.45. The highest BCUT2D eigenvalue weighted by Gasteiger charge is 2.28. The molecule has 0 N–H and O–H groups in total. The summed E-state index contributed by atoms with van der Waals surface area (Å²) in [7, 11) is 1.94. The summed E-state index contributed by atoms with van der Waals surface area (Å²) < 4.78 is 1.98. The third-order valence-electron chi connectivity index (χ3n) is 4.71. The fourth-order valence-electron chi connectivity index (χ4n) is 3.33. The predicted octanol–water partition coefficient (Wildman–Crippen LogP) is 3.07. The summed E-state index contributed by atoms with van der Waals surface area (Å²) in [4.78, 5) is 27.2. The summed E-state index contributed by atoms with van der Waals surface area (Å²) in [5.41, 5.74) is 2.41. The highest BCUT2D eigenvalue weighted by atomic mass is 16.2. The van der Waals surface area contributed by atoms with Gasteiger partial charge in [-0.3, -0.25) is 9.59 Å². The number of amides is 1. The molecule has 0 aliphatic carbocycles. The van der Waals surface area contributed by atoms with Crippen LogP contribution >= 0.6 is 0 Å². The van der Waals surface area contributed by atoms with Crippen LogP contribution in [0.1, 0.15) is 41.7 Å². The molecule has 0 saturated carbocycles. The Labute approximate surface area is 130 Å². The lowest BCUT2D eigenvalue weighted by molar-refractivity contribution is -0.126. The summed E-state index contributed by atoms with van der Waals surface area (Å²) in [6.45, 7) is 3.31. The third kappa shape index (κ3) is 2.43. The summed E-state index contributed by atoms with van der Waals surface area (Å²) in [6, 6.07) is 7.77. The van der Waals surface area contributed by atoms with E-state index in [0.29, 0.717) is 18.7 Å². The Balaban J connectivity index is 1.98. The molecule has 0 unspecified atom stereocenters. The van der Waals surface area contributed by atoms with Gasteiger partial charge in [0.1, 0.15) is 0 Å². The van der Waals surface area contributed by atoms with E-state index in [1.54, 1.807) is 4.90 Å². The zero-order valence-corrected chi connectivity index (χ0v) is 13.3. The monoisotopic (exact) mass is 298 g/mol. The minimum atomic E-state index is -0.365. The van der Waals surface area contributed by atoms with Gasteiger partial charge in [0.05, 0.1) is 5.56 Å². The zero-order valence-electron chi connectivity index (χ0n) is 13.3. The van der Waals surface area contributed by atoms with Crippen LogP contribution < -0.4 is 0 Å². The lowest BCUT2D eigenvalue weighted by Gasteiger charge is -2.19. The fraction of sp³-hybridized carbons (Fsp3) is 0.444. The van der Waals surface area contributed by atoms with Crippen LogP contribution in [0.4, 0.5) is 0 Å². The fourth-order valence-corrected chi connectivity index (χ4v) is 3.33. The van der Waals surface area contributed by atoms with Crippen LogP contribution in [0.25, 0.3) is 10.9 Å². The van der Waals surface area contributed by atoms with Gasteiger partial charge < -0.3 is 9.47 Å². The molecule has 1 aliphatic heterocycles. The number of para-hydroxylation sites is 1. The molecule has 116 valence electrons. The largest absolute Gasteiger partial charge is 0.347 e. The second-order valence-corrected chi connectivity index (χ2v) is 6.07. The molecule has 1 fully saturated rings. The van der Waals surface area contributed by atoms with Gasteiger partial charge in [0.25, 0.3) is 11.7 Å². The van der Waals surface area contributed by atoms with Crippen LogP contribution in [0.3, 0.4) is 0 Å². The van der Waals surface area contributed by atoms with Gasteiger partial charge in [0, 0.05) is 36.7 Å². The number of carbonyl (C=O) groups excluding carboxylic acids is 2. The predicted molar refractivity (Wildman–Crippen MR) is 87.0 cm³/mol. The number of ketones is 1. The number of rotatable bonds is 2. The molecule has 3 rings (SSSR count). The number of carbonyl (C=O) groups is 2. The molecule has 1 aromatic carbocycles. The normalized spacial score (nSPS) is 15.8. The second kappa shape index (κ2) is 5.95. The van der Waals surface area contributed by atoms with Gasteiger partial charge in [0.2, 0.25) is 0 Å². The molecule has 4 heteroatoms. The second-order valence-electron chi connectivity index (χ2n) is 6.07. The Hall–Kier alpha value is -2.10. The number of nitrogens with zero attached hydrogens (tertiary/aromatic N) is 2. The average Bonchev–Trinajstić information content (AvgIpc) is 2.74.